The van der Waals surface area contributed by atoms with E-state index in [1.54, 1.807) is 18.0 Å². The maximum atomic E-state index is 11.4. The van der Waals surface area contributed by atoms with Crippen molar-refractivity contribution in [3.63, 3.8) is 0 Å². The van der Waals surface area contributed by atoms with E-state index in [0.717, 1.165) is 16.5 Å². The fraction of sp³-hybridized carbons (Fsp3) is 0.143. The molecule has 0 aromatic heterocycles. The molecular formula is C14H12N2O. The van der Waals surface area contributed by atoms with Gasteiger partial charge in [0.25, 0.3) is 0 Å². The molecule has 0 spiro atoms. The van der Waals surface area contributed by atoms with Gasteiger partial charge in [0.05, 0.1) is 17.3 Å². The van der Waals surface area contributed by atoms with Crippen molar-refractivity contribution in [3.8, 4) is 6.07 Å². The molecule has 0 aliphatic carbocycles. The number of hydrogen-bond acceptors (Lipinski definition) is 2. The van der Waals surface area contributed by atoms with E-state index in [-0.39, 0.29) is 5.91 Å². The monoisotopic (exact) mass is 224 g/mol. The molecule has 0 N–H and O–H groups in total. The van der Waals surface area contributed by atoms with E-state index in [0.29, 0.717) is 5.56 Å². The zero-order valence-electron chi connectivity index (χ0n) is 9.77. The molecule has 3 nitrogen and oxygen atoms in total. The first-order valence-corrected chi connectivity index (χ1v) is 5.31. The fourth-order valence-electron chi connectivity index (χ4n) is 1.84. The molecule has 2 aromatic rings. The second-order valence-corrected chi connectivity index (χ2v) is 3.87. The quantitative estimate of drug-likeness (QED) is 0.747. The number of nitriles is 1. The van der Waals surface area contributed by atoms with E-state index in [4.69, 9.17) is 5.26 Å². The van der Waals surface area contributed by atoms with Crippen molar-refractivity contribution in [2.45, 2.75) is 6.92 Å². The molecule has 17 heavy (non-hydrogen) atoms. The van der Waals surface area contributed by atoms with Gasteiger partial charge in [-0.1, -0.05) is 24.3 Å². The van der Waals surface area contributed by atoms with E-state index >= 15 is 0 Å². The first-order chi connectivity index (χ1) is 8.15. The van der Waals surface area contributed by atoms with E-state index in [9.17, 15) is 4.79 Å². The van der Waals surface area contributed by atoms with E-state index < -0.39 is 0 Å². The summed E-state index contributed by atoms with van der Waals surface area (Å²) < 4.78 is 0. The Morgan fingerprint density at radius 1 is 1.18 bits per heavy atom. The lowest BCUT2D eigenvalue weighted by molar-refractivity contribution is -0.116. The Hall–Kier alpha value is -2.34. The van der Waals surface area contributed by atoms with E-state index in [1.165, 1.54) is 6.92 Å². The SMILES string of the molecule is CC(=O)N(C)c1ccc(C#N)c2ccccc12. The number of hydrogen-bond donors (Lipinski definition) is 0. The molecule has 3 heteroatoms. The molecule has 1 amide bonds. The molecule has 0 aliphatic heterocycles. The summed E-state index contributed by atoms with van der Waals surface area (Å²) in [6.07, 6.45) is 0. The highest BCUT2D eigenvalue weighted by atomic mass is 16.2. The number of fused-ring (bicyclic) bond motifs is 1. The van der Waals surface area contributed by atoms with Crippen LogP contribution in [0.2, 0.25) is 0 Å². The molecule has 2 aromatic carbocycles. The Morgan fingerprint density at radius 2 is 1.82 bits per heavy atom. The first kappa shape index (κ1) is 11.2. The fourth-order valence-corrected chi connectivity index (χ4v) is 1.84. The van der Waals surface area contributed by atoms with Crippen molar-refractivity contribution in [2.24, 2.45) is 0 Å². The number of amides is 1. The average Bonchev–Trinajstić information content (AvgIpc) is 2.36. The van der Waals surface area contributed by atoms with Gasteiger partial charge in [0, 0.05) is 24.7 Å². The summed E-state index contributed by atoms with van der Waals surface area (Å²) in [5.41, 5.74) is 1.45. The lowest BCUT2D eigenvalue weighted by atomic mass is 10.0. The highest BCUT2D eigenvalue weighted by molar-refractivity contribution is 6.04. The van der Waals surface area contributed by atoms with Crippen LogP contribution in [-0.4, -0.2) is 13.0 Å². The molecule has 84 valence electrons. The van der Waals surface area contributed by atoms with Gasteiger partial charge in [-0.15, -0.1) is 0 Å². The zero-order valence-corrected chi connectivity index (χ0v) is 9.77. The van der Waals surface area contributed by atoms with Crippen LogP contribution in [0.15, 0.2) is 36.4 Å². The topological polar surface area (TPSA) is 44.1 Å². The minimum atomic E-state index is -0.0279. The van der Waals surface area contributed by atoms with Gasteiger partial charge in [0.15, 0.2) is 0 Å². The predicted octanol–water partition coefficient (Wildman–Crippen LogP) is 2.69. The maximum Gasteiger partial charge on any atom is 0.223 e. The van der Waals surface area contributed by atoms with Gasteiger partial charge >= 0.3 is 0 Å². The Bertz CT molecular complexity index is 626. The average molecular weight is 224 g/mol. The molecule has 2 rings (SSSR count). The maximum absolute atomic E-state index is 11.4. The van der Waals surface area contributed by atoms with Gasteiger partial charge in [-0.05, 0) is 12.1 Å². The minimum absolute atomic E-state index is 0.0279. The first-order valence-electron chi connectivity index (χ1n) is 5.31. The minimum Gasteiger partial charge on any atom is -0.315 e. The summed E-state index contributed by atoms with van der Waals surface area (Å²) in [6, 6.07) is 13.3. The van der Waals surface area contributed by atoms with Crippen LogP contribution in [0.4, 0.5) is 5.69 Å². The lowest BCUT2D eigenvalue weighted by Crippen LogP contribution is -2.23. The van der Waals surface area contributed by atoms with Crippen molar-refractivity contribution in [1.82, 2.24) is 0 Å². The molecule has 0 saturated heterocycles. The van der Waals surface area contributed by atoms with Crippen LogP contribution in [0.3, 0.4) is 0 Å². The van der Waals surface area contributed by atoms with E-state index in [2.05, 4.69) is 6.07 Å². The highest BCUT2D eigenvalue weighted by Crippen LogP contribution is 2.28. The van der Waals surface area contributed by atoms with Gasteiger partial charge in [0.1, 0.15) is 0 Å². The van der Waals surface area contributed by atoms with Crippen molar-refractivity contribution in [2.75, 3.05) is 11.9 Å². The Balaban J connectivity index is 2.76. The zero-order chi connectivity index (χ0) is 12.4. The Labute approximate surface area is 99.9 Å². The number of anilines is 1. The molecular weight excluding hydrogens is 212 g/mol. The van der Waals surface area contributed by atoms with Gasteiger partial charge in [-0.2, -0.15) is 5.26 Å². The van der Waals surface area contributed by atoms with Gasteiger partial charge in [-0.25, -0.2) is 0 Å². The predicted molar refractivity (Wildman–Crippen MR) is 67.7 cm³/mol. The summed E-state index contributed by atoms with van der Waals surface area (Å²) in [6.45, 7) is 1.52. The summed E-state index contributed by atoms with van der Waals surface area (Å²) in [5.74, 6) is -0.0279. The molecule has 0 aliphatic rings. The molecule has 0 unspecified atom stereocenters. The largest absolute Gasteiger partial charge is 0.315 e. The summed E-state index contributed by atoms with van der Waals surface area (Å²) in [7, 11) is 1.73. The van der Waals surface area contributed by atoms with Gasteiger partial charge in [0.2, 0.25) is 5.91 Å². The summed E-state index contributed by atoms with van der Waals surface area (Å²) in [4.78, 5) is 13.0. The van der Waals surface area contributed by atoms with Crippen LogP contribution in [0.1, 0.15) is 12.5 Å². The number of rotatable bonds is 1. The highest BCUT2D eigenvalue weighted by Gasteiger charge is 2.11. The third-order valence-electron chi connectivity index (χ3n) is 2.86. The van der Waals surface area contributed by atoms with Crippen molar-refractivity contribution >= 4 is 22.4 Å². The number of carbonyl (C=O) groups excluding carboxylic acids is 1. The van der Waals surface area contributed by atoms with Crippen molar-refractivity contribution < 1.29 is 4.79 Å². The van der Waals surface area contributed by atoms with E-state index in [1.807, 2.05) is 30.3 Å². The Morgan fingerprint density at radius 3 is 2.41 bits per heavy atom. The molecule has 0 fully saturated rings. The smallest absolute Gasteiger partial charge is 0.223 e. The van der Waals surface area contributed by atoms with Crippen LogP contribution in [0.5, 0.6) is 0 Å². The molecule has 0 radical (unpaired) electrons. The lowest BCUT2D eigenvalue weighted by Gasteiger charge is -2.17. The molecule has 0 atom stereocenters. The van der Waals surface area contributed by atoms with Crippen LogP contribution >= 0.6 is 0 Å². The van der Waals surface area contributed by atoms with Crippen LogP contribution in [0, 0.1) is 11.3 Å². The standard InChI is InChI=1S/C14H12N2O/c1-10(17)16(2)14-8-7-11(9-15)12-5-3-4-6-13(12)14/h3-8H,1-2H3. The van der Waals surface area contributed by atoms with Crippen molar-refractivity contribution in [1.29, 1.82) is 5.26 Å². The Kier molecular flexibility index (Phi) is 2.80. The summed E-state index contributed by atoms with van der Waals surface area (Å²) in [5, 5.41) is 10.8. The third-order valence-corrected chi connectivity index (χ3v) is 2.86. The summed E-state index contributed by atoms with van der Waals surface area (Å²) >= 11 is 0. The van der Waals surface area contributed by atoms with Crippen molar-refractivity contribution in [3.05, 3.63) is 42.0 Å². The number of nitrogens with zero attached hydrogens (tertiary/aromatic N) is 2. The number of carbonyl (C=O) groups is 1. The van der Waals surface area contributed by atoms with Gasteiger partial charge < -0.3 is 4.90 Å². The van der Waals surface area contributed by atoms with Crippen LogP contribution < -0.4 is 4.90 Å². The van der Waals surface area contributed by atoms with Gasteiger partial charge in [-0.3, -0.25) is 4.79 Å². The normalized spacial score (nSPS) is 9.94. The second-order valence-electron chi connectivity index (χ2n) is 3.87. The van der Waals surface area contributed by atoms with Crippen LogP contribution in [-0.2, 0) is 4.79 Å². The molecule has 0 heterocycles. The molecule has 0 bridgehead atoms. The third kappa shape index (κ3) is 1.85. The number of benzene rings is 2. The van der Waals surface area contributed by atoms with Crippen LogP contribution in [0.25, 0.3) is 10.8 Å². The molecule has 0 saturated carbocycles. The second kappa shape index (κ2) is 4.26.